The molecule has 0 fully saturated rings. The molecule has 0 unspecified atom stereocenters. The van der Waals surface area contributed by atoms with Crippen LogP contribution in [0.3, 0.4) is 0 Å². The molecule has 25 heavy (non-hydrogen) atoms. The van der Waals surface area contributed by atoms with Crippen molar-refractivity contribution in [3.63, 3.8) is 0 Å². The zero-order valence-corrected chi connectivity index (χ0v) is 13.5. The van der Waals surface area contributed by atoms with Crippen molar-refractivity contribution in [2.24, 2.45) is 0 Å². The summed E-state index contributed by atoms with van der Waals surface area (Å²) < 4.78 is 1.15. The fraction of sp³-hybridized carbons (Fsp3) is 0.176. The number of rotatable bonds is 4. The highest BCUT2D eigenvalue weighted by atomic mass is 16.2. The highest BCUT2D eigenvalue weighted by Gasteiger charge is 2.31. The van der Waals surface area contributed by atoms with Gasteiger partial charge in [0.2, 0.25) is 5.91 Å². The van der Waals surface area contributed by atoms with Crippen LogP contribution in [0.15, 0.2) is 35.1 Å². The number of nitrogens with one attached hydrogen (secondary N) is 2. The SMILES string of the molecule is CCCC(=O)Nc1ccc(-n2c(N)c3c(cc2=O)C(=O)NC3=O)cc1. The molecule has 0 atom stereocenters. The average molecular weight is 340 g/mol. The van der Waals surface area contributed by atoms with Gasteiger partial charge in [0.25, 0.3) is 17.4 Å². The van der Waals surface area contributed by atoms with Crippen LogP contribution in [0.4, 0.5) is 11.5 Å². The molecule has 2 heterocycles. The molecule has 4 N–H and O–H groups in total. The maximum atomic E-state index is 12.3. The van der Waals surface area contributed by atoms with Crippen molar-refractivity contribution in [2.45, 2.75) is 19.8 Å². The number of aromatic nitrogens is 1. The van der Waals surface area contributed by atoms with Crippen LogP contribution in [-0.2, 0) is 4.79 Å². The van der Waals surface area contributed by atoms with Gasteiger partial charge in [-0.15, -0.1) is 0 Å². The summed E-state index contributed by atoms with van der Waals surface area (Å²) in [5, 5.41) is 4.85. The second-order valence-electron chi connectivity index (χ2n) is 5.62. The summed E-state index contributed by atoms with van der Waals surface area (Å²) >= 11 is 0. The predicted octanol–water partition coefficient (Wildman–Crippen LogP) is 1.04. The van der Waals surface area contributed by atoms with Gasteiger partial charge in [-0.25, -0.2) is 0 Å². The number of carbonyl (C=O) groups excluding carboxylic acids is 3. The monoisotopic (exact) mass is 340 g/mol. The Morgan fingerprint density at radius 1 is 1.16 bits per heavy atom. The van der Waals surface area contributed by atoms with Crippen molar-refractivity contribution < 1.29 is 14.4 Å². The van der Waals surface area contributed by atoms with E-state index in [-0.39, 0.29) is 22.9 Å². The lowest BCUT2D eigenvalue weighted by Gasteiger charge is -2.12. The smallest absolute Gasteiger partial charge is 0.262 e. The van der Waals surface area contributed by atoms with Crippen LogP contribution < -0.4 is 21.9 Å². The number of fused-ring (bicyclic) bond motifs is 1. The molecule has 1 aromatic heterocycles. The molecule has 0 spiro atoms. The Labute approximate surface area is 142 Å². The summed E-state index contributed by atoms with van der Waals surface area (Å²) in [6, 6.07) is 7.55. The molecule has 1 aliphatic heterocycles. The summed E-state index contributed by atoms with van der Waals surface area (Å²) in [6.45, 7) is 1.91. The van der Waals surface area contributed by atoms with Gasteiger partial charge in [0.1, 0.15) is 5.82 Å². The van der Waals surface area contributed by atoms with E-state index in [4.69, 9.17) is 5.73 Å². The first-order valence-electron chi connectivity index (χ1n) is 7.74. The van der Waals surface area contributed by atoms with E-state index in [0.717, 1.165) is 17.1 Å². The van der Waals surface area contributed by atoms with Crippen LogP contribution in [-0.4, -0.2) is 22.3 Å². The fourth-order valence-corrected chi connectivity index (χ4v) is 2.69. The van der Waals surface area contributed by atoms with Crippen molar-refractivity contribution in [1.29, 1.82) is 0 Å². The Balaban J connectivity index is 1.99. The van der Waals surface area contributed by atoms with E-state index in [1.165, 1.54) is 0 Å². The summed E-state index contributed by atoms with van der Waals surface area (Å²) in [6.07, 6.45) is 1.16. The Morgan fingerprint density at radius 2 is 1.84 bits per heavy atom. The molecule has 0 aliphatic carbocycles. The number of nitrogens with zero attached hydrogens (tertiary/aromatic N) is 1. The number of anilines is 2. The third-order valence-electron chi connectivity index (χ3n) is 3.84. The minimum Gasteiger partial charge on any atom is -0.384 e. The number of hydrogen-bond acceptors (Lipinski definition) is 5. The first-order chi connectivity index (χ1) is 11.9. The van der Waals surface area contributed by atoms with Gasteiger partial charge in [-0.05, 0) is 30.7 Å². The molecule has 3 rings (SSSR count). The van der Waals surface area contributed by atoms with Gasteiger partial charge < -0.3 is 11.1 Å². The van der Waals surface area contributed by atoms with Gasteiger partial charge in [0.15, 0.2) is 0 Å². The van der Waals surface area contributed by atoms with Crippen molar-refractivity contribution in [2.75, 3.05) is 11.1 Å². The van der Waals surface area contributed by atoms with Crippen molar-refractivity contribution in [1.82, 2.24) is 9.88 Å². The summed E-state index contributed by atoms with van der Waals surface area (Å²) in [4.78, 5) is 47.4. The number of nitrogen functional groups attached to an aromatic ring is 1. The first kappa shape index (κ1) is 16.4. The molecule has 0 bridgehead atoms. The standard InChI is InChI=1S/C17H16N4O4/c1-2-3-12(22)19-9-4-6-10(7-5-9)21-13(23)8-11-14(15(21)18)17(25)20-16(11)24/h4-8H,2-3,18H2,1H3,(H,19,22)(H,20,24,25). The minimum absolute atomic E-state index is 0.00933. The van der Waals surface area contributed by atoms with E-state index in [1.54, 1.807) is 24.3 Å². The zero-order valence-electron chi connectivity index (χ0n) is 13.5. The molecule has 1 aliphatic rings. The molecule has 8 nitrogen and oxygen atoms in total. The molecule has 3 amide bonds. The number of imide groups is 1. The molecular weight excluding hydrogens is 324 g/mol. The maximum absolute atomic E-state index is 12.3. The van der Waals surface area contributed by atoms with E-state index in [1.807, 2.05) is 6.92 Å². The van der Waals surface area contributed by atoms with Crippen molar-refractivity contribution in [3.05, 3.63) is 51.8 Å². The van der Waals surface area contributed by atoms with Crippen LogP contribution in [0.5, 0.6) is 0 Å². The molecular formula is C17H16N4O4. The molecule has 1 aromatic carbocycles. The number of nitrogens with two attached hydrogens (primary N) is 1. The van der Waals surface area contributed by atoms with E-state index in [9.17, 15) is 19.2 Å². The second kappa shape index (κ2) is 6.23. The predicted molar refractivity (Wildman–Crippen MR) is 91.8 cm³/mol. The van der Waals surface area contributed by atoms with Crippen LogP contribution in [0, 0.1) is 0 Å². The molecule has 8 heteroatoms. The zero-order chi connectivity index (χ0) is 18.1. The number of hydrogen-bond donors (Lipinski definition) is 3. The summed E-state index contributed by atoms with van der Waals surface area (Å²) in [5.74, 6) is -1.46. The Morgan fingerprint density at radius 3 is 2.48 bits per heavy atom. The minimum atomic E-state index is -0.634. The highest BCUT2D eigenvalue weighted by molar-refractivity contribution is 6.23. The third-order valence-corrected chi connectivity index (χ3v) is 3.84. The van der Waals surface area contributed by atoms with E-state index < -0.39 is 17.4 Å². The Kier molecular flexibility index (Phi) is 4.10. The Hall–Kier alpha value is -3.42. The first-order valence-corrected chi connectivity index (χ1v) is 7.74. The van der Waals surface area contributed by atoms with Gasteiger partial charge in [-0.1, -0.05) is 6.92 Å². The second-order valence-corrected chi connectivity index (χ2v) is 5.62. The van der Waals surface area contributed by atoms with Gasteiger partial charge >= 0.3 is 0 Å². The topological polar surface area (TPSA) is 123 Å². The Bertz CT molecular complexity index is 944. The van der Waals surface area contributed by atoms with Gasteiger partial charge in [0.05, 0.1) is 16.8 Å². The maximum Gasteiger partial charge on any atom is 0.262 e. The third kappa shape index (κ3) is 2.89. The van der Waals surface area contributed by atoms with Crippen LogP contribution in [0.25, 0.3) is 5.69 Å². The number of carbonyl (C=O) groups is 3. The molecule has 2 aromatic rings. The van der Waals surface area contributed by atoms with Crippen molar-refractivity contribution >= 4 is 29.2 Å². The number of pyridine rings is 1. The van der Waals surface area contributed by atoms with E-state index in [2.05, 4.69) is 10.6 Å². The number of amides is 3. The van der Waals surface area contributed by atoms with Crippen LogP contribution >= 0.6 is 0 Å². The van der Waals surface area contributed by atoms with Crippen molar-refractivity contribution in [3.8, 4) is 5.69 Å². The normalized spacial score (nSPS) is 12.7. The van der Waals surface area contributed by atoms with Gasteiger partial charge in [-0.2, -0.15) is 0 Å². The van der Waals surface area contributed by atoms with E-state index in [0.29, 0.717) is 17.8 Å². The molecule has 0 saturated heterocycles. The average Bonchev–Trinajstić information content (AvgIpc) is 2.83. The molecule has 0 saturated carbocycles. The molecule has 128 valence electrons. The van der Waals surface area contributed by atoms with Gasteiger partial charge in [0, 0.05) is 18.2 Å². The van der Waals surface area contributed by atoms with Gasteiger partial charge in [-0.3, -0.25) is 29.1 Å². The quantitative estimate of drug-likeness (QED) is 0.718. The lowest BCUT2D eigenvalue weighted by Crippen LogP contribution is -2.24. The van der Waals surface area contributed by atoms with Crippen LogP contribution in [0.2, 0.25) is 0 Å². The fourth-order valence-electron chi connectivity index (χ4n) is 2.69. The highest BCUT2D eigenvalue weighted by Crippen LogP contribution is 2.23. The number of benzene rings is 1. The summed E-state index contributed by atoms with van der Waals surface area (Å²) in [5.41, 5.74) is 6.41. The van der Waals surface area contributed by atoms with Crippen LogP contribution in [0.1, 0.15) is 40.5 Å². The lowest BCUT2D eigenvalue weighted by molar-refractivity contribution is -0.116. The molecule has 0 radical (unpaired) electrons. The lowest BCUT2D eigenvalue weighted by atomic mass is 10.1. The van der Waals surface area contributed by atoms with E-state index >= 15 is 0 Å². The summed E-state index contributed by atoms with van der Waals surface area (Å²) in [7, 11) is 0. The largest absolute Gasteiger partial charge is 0.384 e.